The highest BCUT2D eigenvalue weighted by atomic mass is 15.2. The lowest BCUT2D eigenvalue weighted by Crippen LogP contribution is -2.47. The number of nitrogens with one attached hydrogen (secondary N) is 1. The lowest BCUT2D eigenvalue weighted by molar-refractivity contribution is 0.215. The summed E-state index contributed by atoms with van der Waals surface area (Å²) in [7, 11) is 2.04. The fraction of sp³-hybridized carbons (Fsp3) is 0.600. The molecule has 0 unspecified atom stereocenters. The molecular formula is C15H21N5. The van der Waals surface area contributed by atoms with Gasteiger partial charge in [-0.25, -0.2) is 9.97 Å². The van der Waals surface area contributed by atoms with Crippen LogP contribution in [-0.4, -0.2) is 40.7 Å². The molecule has 5 nitrogen and oxygen atoms in total. The smallest absolute Gasteiger partial charge is 0.145 e. The van der Waals surface area contributed by atoms with Crippen LogP contribution in [0.4, 0.5) is 5.82 Å². The van der Waals surface area contributed by atoms with Crippen molar-refractivity contribution in [1.82, 2.24) is 19.9 Å². The molecule has 2 aliphatic rings. The Kier molecular flexibility index (Phi) is 2.54. The van der Waals surface area contributed by atoms with Crippen LogP contribution in [0, 0.1) is 11.3 Å². The van der Waals surface area contributed by atoms with Gasteiger partial charge in [-0.2, -0.15) is 0 Å². The van der Waals surface area contributed by atoms with Crippen LogP contribution in [0.3, 0.4) is 0 Å². The third-order valence-electron chi connectivity index (χ3n) is 5.14. The van der Waals surface area contributed by atoms with E-state index in [9.17, 15) is 0 Å². The Bertz CT molecular complexity index is 649. The molecular weight excluding hydrogens is 250 g/mol. The van der Waals surface area contributed by atoms with Gasteiger partial charge in [-0.05, 0) is 24.9 Å². The van der Waals surface area contributed by atoms with Crippen molar-refractivity contribution >= 4 is 16.9 Å². The minimum Gasteiger partial charge on any atom is -0.355 e. The maximum Gasteiger partial charge on any atom is 0.145 e. The Morgan fingerprint density at radius 3 is 3.20 bits per heavy atom. The van der Waals surface area contributed by atoms with Crippen molar-refractivity contribution in [1.29, 1.82) is 0 Å². The SMILES string of the molecule is Cn1ccc2c(N3CC[C@@H]4CNC[C@]4(C)C3)ncnc21. The van der Waals surface area contributed by atoms with E-state index >= 15 is 0 Å². The number of anilines is 1. The highest BCUT2D eigenvalue weighted by Gasteiger charge is 2.43. The van der Waals surface area contributed by atoms with Crippen molar-refractivity contribution in [2.75, 3.05) is 31.1 Å². The lowest BCUT2D eigenvalue weighted by Gasteiger charge is -2.42. The summed E-state index contributed by atoms with van der Waals surface area (Å²) in [6.07, 6.45) is 5.01. The zero-order valence-corrected chi connectivity index (χ0v) is 12.1. The Hall–Kier alpha value is -1.62. The average Bonchev–Trinajstić information content (AvgIpc) is 3.01. The lowest BCUT2D eigenvalue weighted by atomic mass is 9.75. The van der Waals surface area contributed by atoms with Crippen molar-refractivity contribution in [3.05, 3.63) is 18.6 Å². The first kappa shape index (κ1) is 12.1. The van der Waals surface area contributed by atoms with Crippen LogP contribution >= 0.6 is 0 Å². The van der Waals surface area contributed by atoms with Crippen molar-refractivity contribution in [2.45, 2.75) is 13.3 Å². The third kappa shape index (κ3) is 1.66. The van der Waals surface area contributed by atoms with Gasteiger partial charge in [0.25, 0.3) is 0 Å². The van der Waals surface area contributed by atoms with Crippen molar-refractivity contribution in [3.8, 4) is 0 Å². The van der Waals surface area contributed by atoms with E-state index in [1.165, 1.54) is 18.4 Å². The molecule has 2 atom stereocenters. The molecule has 4 heterocycles. The molecule has 1 N–H and O–H groups in total. The predicted octanol–water partition coefficient (Wildman–Crippen LogP) is 1.40. The van der Waals surface area contributed by atoms with Crippen LogP contribution in [0.1, 0.15) is 13.3 Å². The van der Waals surface area contributed by atoms with Crippen LogP contribution < -0.4 is 10.2 Å². The fourth-order valence-corrected chi connectivity index (χ4v) is 3.88. The minimum atomic E-state index is 0.379. The van der Waals surface area contributed by atoms with Gasteiger partial charge in [-0.3, -0.25) is 0 Å². The van der Waals surface area contributed by atoms with Gasteiger partial charge in [0, 0.05) is 38.3 Å². The largest absolute Gasteiger partial charge is 0.355 e. The van der Waals surface area contributed by atoms with Crippen LogP contribution in [-0.2, 0) is 7.05 Å². The highest BCUT2D eigenvalue weighted by molar-refractivity contribution is 5.87. The van der Waals surface area contributed by atoms with Gasteiger partial charge >= 0.3 is 0 Å². The zero-order valence-electron chi connectivity index (χ0n) is 12.1. The van der Waals surface area contributed by atoms with E-state index in [-0.39, 0.29) is 0 Å². The topological polar surface area (TPSA) is 46.0 Å². The number of aromatic nitrogens is 3. The summed E-state index contributed by atoms with van der Waals surface area (Å²) in [6, 6.07) is 2.13. The van der Waals surface area contributed by atoms with Crippen LogP contribution in [0.15, 0.2) is 18.6 Å². The number of nitrogens with zero attached hydrogens (tertiary/aromatic N) is 4. The molecule has 2 aromatic heterocycles. The summed E-state index contributed by atoms with van der Waals surface area (Å²) in [5.41, 5.74) is 1.40. The van der Waals surface area contributed by atoms with Gasteiger partial charge < -0.3 is 14.8 Å². The van der Waals surface area contributed by atoms with Crippen LogP contribution in [0.2, 0.25) is 0 Å². The van der Waals surface area contributed by atoms with Crippen LogP contribution in [0.25, 0.3) is 11.0 Å². The van der Waals surface area contributed by atoms with E-state index in [0.717, 1.165) is 37.0 Å². The number of hydrogen-bond acceptors (Lipinski definition) is 4. The summed E-state index contributed by atoms with van der Waals surface area (Å²) in [5, 5.41) is 4.72. The van der Waals surface area contributed by atoms with Crippen molar-refractivity contribution in [3.63, 3.8) is 0 Å². The quantitative estimate of drug-likeness (QED) is 0.852. The molecule has 0 aliphatic carbocycles. The fourth-order valence-electron chi connectivity index (χ4n) is 3.88. The van der Waals surface area contributed by atoms with E-state index < -0.39 is 0 Å². The first-order chi connectivity index (χ1) is 9.67. The van der Waals surface area contributed by atoms with Crippen molar-refractivity contribution < 1.29 is 0 Å². The van der Waals surface area contributed by atoms with Gasteiger partial charge in [0.05, 0.1) is 5.39 Å². The van der Waals surface area contributed by atoms with E-state index in [1.807, 2.05) is 7.05 Å². The maximum atomic E-state index is 4.57. The number of aryl methyl sites for hydroxylation is 1. The molecule has 0 spiro atoms. The average molecular weight is 271 g/mol. The first-order valence-electron chi connectivity index (χ1n) is 7.39. The predicted molar refractivity (Wildman–Crippen MR) is 79.8 cm³/mol. The second kappa shape index (κ2) is 4.19. The van der Waals surface area contributed by atoms with E-state index in [0.29, 0.717) is 5.41 Å². The summed E-state index contributed by atoms with van der Waals surface area (Å²) < 4.78 is 2.06. The van der Waals surface area contributed by atoms with E-state index in [1.54, 1.807) is 6.33 Å². The summed E-state index contributed by atoms with van der Waals surface area (Å²) in [4.78, 5) is 11.4. The first-order valence-corrected chi connectivity index (χ1v) is 7.39. The molecule has 0 radical (unpaired) electrons. The van der Waals surface area contributed by atoms with E-state index in [4.69, 9.17) is 0 Å². The standard InChI is InChI=1S/C15H21N5/c1-15-8-16-7-11(15)3-6-20(9-15)14-12-4-5-19(2)13(12)17-10-18-14/h4-5,10-11,16H,3,6-9H2,1-2H3/t11-,15-/m1/s1. The summed E-state index contributed by atoms with van der Waals surface area (Å²) in [5.74, 6) is 1.91. The molecule has 0 bridgehead atoms. The second-order valence-corrected chi connectivity index (χ2v) is 6.55. The molecule has 0 amide bonds. The monoisotopic (exact) mass is 271 g/mol. The minimum absolute atomic E-state index is 0.379. The number of fused-ring (bicyclic) bond motifs is 2. The molecule has 2 aromatic rings. The molecule has 5 heteroatoms. The van der Waals surface area contributed by atoms with Crippen molar-refractivity contribution in [2.24, 2.45) is 18.4 Å². The normalized spacial score (nSPS) is 29.9. The molecule has 2 fully saturated rings. The molecule has 20 heavy (non-hydrogen) atoms. The maximum absolute atomic E-state index is 4.57. The van der Waals surface area contributed by atoms with Gasteiger partial charge in [-0.15, -0.1) is 0 Å². The molecule has 106 valence electrons. The van der Waals surface area contributed by atoms with Gasteiger partial charge in [0.15, 0.2) is 0 Å². The molecule has 4 rings (SSSR count). The Balaban J connectivity index is 1.73. The van der Waals surface area contributed by atoms with Gasteiger partial charge in [0.1, 0.15) is 17.8 Å². The third-order valence-corrected chi connectivity index (χ3v) is 5.14. The Labute approximate surface area is 119 Å². The molecule has 2 saturated heterocycles. The Morgan fingerprint density at radius 1 is 1.40 bits per heavy atom. The van der Waals surface area contributed by atoms with Crippen LogP contribution in [0.5, 0.6) is 0 Å². The number of rotatable bonds is 1. The summed E-state index contributed by atoms with van der Waals surface area (Å²) in [6.45, 7) is 6.90. The van der Waals surface area contributed by atoms with Gasteiger partial charge in [-0.1, -0.05) is 6.92 Å². The van der Waals surface area contributed by atoms with E-state index in [2.05, 4.69) is 43.9 Å². The second-order valence-electron chi connectivity index (χ2n) is 6.55. The van der Waals surface area contributed by atoms with Gasteiger partial charge in [0.2, 0.25) is 0 Å². The molecule has 2 aliphatic heterocycles. The highest BCUT2D eigenvalue weighted by Crippen LogP contribution is 2.40. The number of piperidine rings is 1. The Morgan fingerprint density at radius 2 is 2.30 bits per heavy atom. The zero-order chi connectivity index (χ0) is 13.7. The molecule has 0 aromatic carbocycles. The summed E-state index contributed by atoms with van der Waals surface area (Å²) >= 11 is 0. The number of hydrogen-bond donors (Lipinski definition) is 1. The molecule has 0 saturated carbocycles.